The lowest BCUT2D eigenvalue weighted by Gasteiger charge is -2.19. The summed E-state index contributed by atoms with van der Waals surface area (Å²) in [6.45, 7) is 0.186. The second-order valence-corrected chi connectivity index (χ2v) is 5.76. The molecule has 0 spiro atoms. The fourth-order valence-corrected chi connectivity index (χ4v) is 2.47. The maximum Gasteiger partial charge on any atom is 0.256 e. The molecule has 1 N–H and O–H groups in total. The Morgan fingerprint density at radius 1 is 1.23 bits per heavy atom. The van der Waals surface area contributed by atoms with Crippen LogP contribution >= 0.6 is 0 Å². The molecule has 7 nitrogen and oxygen atoms in total. The Hall–Kier alpha value is -3.19. The molecule has 3 aromatic rings. The van der Waals surface area contributed by atoms with Gasteiger partial charge in [-0.15, -0.1) is 0 Å². The highest BCUT2D eigenvalue weighted by atomic mass is 16.5. The van der Waals surface area contributed by atoms with Crippen molar-refractivity contribution in [3.05, 3.63) is 66.1 Å². The molecule has 0 unspecified atom stereocenters. The Balaban J connectivity index is 1.66. The number of hydrogen-bond acceptors (Lipinski definition) is 6. The first-order valence-corrected chi connectivity index (χ1v) is 8.02. The molecule has 0 bridgehead atoms. The van der Waals surface area contributed by atoms with Crippen LogP contribution in [0.4, 0.5) is 0 Å². The topological polar surface area (TPSA) is 88.7 Å². The van der Waals surface area contributed by atoms with E-state index >= 15 is 0 Å². The first-order valence-electron chi connectivity index (χ1n) is 8.02. The normalized spacial score (nSPS) is 11.8. The summed E-state index contributed by atoms with van der Waals surface area (Å²) in [5.74, 6) is 0.722. The fraction of sp³-hybridized carbons (Fsp3) is 0.211. The number of rotatable bonds is 6. The van der Waals surface area contributed by atoms with Crippen LogP contribution in [0.5, 0.6) is 5.75 Å². The van der Waals surface area contributed by atoms with Gasteiger partial charge in [0.15, 0.2) is 11.9 Å². The van der Waals surface area contributed by atoms with Gasteiger partial charge in [0, 0.05) is 19.3 Å². The lowest BCUT2D eigenvalue weighted by Crippen LogP contribution is -2.31. The van der Waals surface area contributed by atoms with Gasteiger partial charge in [0.2, 0.25) is 0 Å². The summed E-state index contributed by atoms with van der Waals surface area (Å²) >= 11 is 0. The SMILES string of the molecule is COc1ccc([C@H](O)C(=O)N(C)Cc2cc(-c3ccccn3)no2)cc1. The molecule has 2 heterocycles. The third-order valence-electron chi connectivity index (χ3n) is 3.92. The lowest BCUT2D eigenvalue weighted by molar-refractivity contribution is -0.140. The van der Waals surface area contributed by atoms with Crippen molar-refractivity contribution in [2.75, 3.05) is 14.2 Å². The van der Waals surface area contributed by atoms with E-state index in [1.54, 1.807) is 50.7 Å². The van der Waals surface area contributed by atoms with E-state index in [4.69, 9.17) is 9.26 Å². The van der Waals surface area contributed by atoms with Crippen LogP contribution in [0.25, 0.3) is 11.4 Å². The summed E-state index contributed by atoms with van der Waals surface area (Å²) in [5, 5.41) is 14.3. The highest BCUT2D eigenvalue weighted by molar-refractivity contribution is 5.81. The minimum absolute atomic E-state index is 0.186. The Morgan fingerprint density at radius 2 is 2.00 bits per heavy atom. The lowest BCUT2D eigenvalue weighted by atomic mass is 10.1. The van der Waals surface area contributed by atoms with Gasteiger partial charge in [-0.1, -0.05) is 23.4 Å². The summed E-state index contributed by atoms with van der Waals surface area (Å²) in [7, 11) is 3.15. The number of nitrogens with zero attached hydrogens (tertiary/aromatic N) is 3. The van der Waals surface area contributed by atoms with Gasteiger partial charge in [0.05, 0.1) is 19.3 Å². The summed E-state index contributed by atoms with van der Waals surface area (Å²) in [6, 6.07) is 13.9. The molecule has 0 aliphatic carbocycles. The number of aromatic nitrogens is 2. The predicted octanol–water partition coefficient (Wildman–Crippen LogP) is 2.44. The third kappa shape index (κ3) is 3.89. The molecule has 3 rings (SSSR count). The molecule has 1 amide bonds. The monoisotopic (exact) mass is 353 g/mol. The zero-order chi connectivity index (χ0) is 18.5. The number of methoxy groups -OCH3 is 1. The van der Waals surface area contributed by atoms with Crippen molar-refractivity contribution in [1.29, 1.82) is 0 Å². The van der Waals surface area contributed by atoms with Crippen molar-refractivity contribution in [1.82, 2.24) is 15.0 Å². The second kappa shape index (κ2) is 7.79. The Bertz CT molecular complexity index is 862. The quantitative estimate of drug-likeness (QED) is 0.732. The third-order valence-corrected chi connectivity index (χ3v) is 3.92. The van der Waals surface area contributed by atoms with E-state index in [0.29, 0.717) is 28.5 Å². The van der Waals surface area contributed by atoms with Crippen molar-refractivity contribution in [2.45, 2.75) is 12.6 Å². The highest BCUT2D eigenvalue weighted by Crippen LogP contribution is 2.21. The maximum absolute atomic E-state index is 12.4. The van der Waals surface area contributed by atoms with Gasteiger partial charge in [-0.25, -0.2) is 0 Å². The van der Waals surface area contributed by atoms with Gasteiger partial charge in [0.1, 0.15) is 11.4 Å². The standard InChI is InChI=1S/C19H19N3O4/c1-22(19(24)18(23)13-6-8-14(25-2)9-7-13)12-15-11-17(21-26-15)16-5-3-4-10-20-16/h3-11,18,23H,12H2,1-2H3/t18-/m0/s1. The Labute approximate surface area is 150 Å². The smallest absolute Gasteiger partial charge is 0.256 e. The zero-order valence-corrected chi connectivity index (χ0v) is 14.5. The van der Waals surface area contributed by atoms with Crippen LogP contribution in [-0.2, 0) is 11.3 Å². The molecule has 0 fully saturated rings. The summed E-state index contributed by atoms with van der Waals surface area (Å²) < 4.78 is 10.3. The molecule has 0 radical (unpaired) electrons. The maximum atomic E-state index is 12.4. The molecule has 1 atom stereocenters. The fourth-order valence-electron chi connectivity index (χ4n) is 2.47. The van der Waals surface area contributed by atoms with E-state index in [0.717, 1.165) is 0 Å². The van der Waals surface area contributed by atoms with Crippen LogP contribution < -0.4 is 4.74 Å². The van der Waals surface area contributed by atoms with Gasteiger partial charge in [-0.05, 0) is 29.8 Å². The predicted molar refractivity (Wildman–Crippen MR) is 94.2 cm³/mol. The van der Waals surface area contributed by atoms with Gasteiger partial charge in [-0.3, -0.25) is 9.78 Å². The number of carbonyl (C=O) groups is 1. The van der Waals surface area contributed by atoms with Crippen LogP contribution in [0.15, 0.2) is 59.3 Å². The van der Waals surface area contributed by atoms with Gasteiger partial charge >= 0.3 is 0 Å². The number of hydrogen-bond donors (Lipinski definition) is 1. The molecule has 0 saturated heterocycles. The minimum atomic E-state index is -1.26. The molecular weight excluding hydrogens is 334 g/mol. The van der Waals surface area contributed by atoms with Gasteiger partial charge < -0.3 is 19.3 Å². The first-order chi connectivity index (χ1) is 12.6. The molecule has 134 valence electrons. The number of pyridine rings is 1. The average Bonchev–Trinajstić information content (AvgIpc) is 3.16. The van der Waals surface area contributed by atoms with E-state index in [-0.39, 0.29) is 6.54 Å². The molecule has 26 heavy (non-hydrogen) atoms. The Morgan fingerprint density at radius 3 is 2.65 bits per heavy atom. The van der Waals surface area contributed by atoms with Gasteiger partial charge in [-0.2, -0.15) is 0 Å². The van der Waals surface area contributed by atoms with E-state index in [1.807, 2.05) is 18.2 Å². The van der Waals surface area contributed by atoms with Crippen molar-refractivity contribution in [3.63, 3.8) is 0 Å². The van der Waals surface area contributed by atoms with E-state index in [2.05, 4.69) is 10.1 Å². The molecule has 1 aromatic carbocycles. The molecule has 7 heteroatoms. The second-order valence-electron chi connectivity index (χ2n) is 5.76. The largest absolute Gasteiger partial charge is 0.497 e. The van der Waals surface area contributed by atoms with Crippen molar-refractivity contribution in [3.8, 4) is 17.1 Å². The number of aliphatic hydroxyl groups excluding tert-OH is 1. The molecule has 2 aromatic heterocycles. The number of carbonyl (C=O) groups excluding carboxylic acids is 1. The van der Waals surface area contributed by atoms with Crippen LogP contribution in [0, 0.1) is 0 Å². The van der Waals surface area contributed by atoms with Crippen LogP contribution in [0.3, 0.4) is 0 Å². The minimum Gasteiger partial charge on any atom is -0.497 e. The molecule has 0 aliphatic rings. The molecule has 0 saturated carbocycles. The zero-order valence-electron chi connectivity index (χ0n) is 14.5. The van der Waals surface area contributed by atoms with E-state index in [9.17, 15) is 9.90 Å². The average molecular weight is 353 g/mol. The van der Waals surface area contributed by atoms with E-state index in [1.165, 1.54) is 4.90 Å². The molecular formula is C19H19N3O4. The van der Waals surface area contributed by atoms with Crippen LogP contribution in [0.2, 0.25) is 0 Å². The highest BCUT2D eigenvalue weighted by Gasteiger charge is 2.22. The number of aliphatic hydroxyl groups is 1. The number of benzene rings is 1. The van der Waals surface area contributed by atoms with Gasteiger partial charge in [0.25, 0.3) is 5.91 Å². The Kier molecular flexibility index (Phi) is 5.28. The summed E-state index contributed by atoms with van der Waals surface area (Å²) in [5.41, 5.74) is 1.78. The van der Waals surface area contributed by atoms with Crippen molar-refractivity contribution < 1.29 is 19.2 Å². The number of amides is 1. The number of ether oxygens (including phenoxy) is 1. The summed E-state index contributed by atoms with van der Waals surface area (Å²) in [6.07, 6.45) is 0.411. The summed E-state index contributed by atoms with van der Waals surface area (Å²) in [4.78, 5) is 18.0. The van der Waals surface area contributed by atoms with Crippen LogP contribution in [0.1, 0.15) is 17.4 Å². The number of likely N-dealkylation sites (N-methyl/N-ethyl adjacent to an activating group) is 1. The first kappa shape index (κ1) is 17.6. The van der Waals surface area contributed by atoms with Crippen LogP contribution in [-0.4, -0.2) is 40.2 Å². The van der Waals surface area contributed by atoms with Crippen molar-refractivity contribution >= 4 is 5.91 Å². The van der Waals surface area contributed by atoms with E-state index < -0.39 is 12.0 Å². The molecule has 0 aliphatic heterocycles. The van der Waals surface area contributed by atoms with Crippen molar-refractivity contribution in [2.24, 2.45) is 0 Å².